The molecule has 1 aliphatic rings. The predicted octanol–water partition coefficient (Wildman–Crippen LogP) is 3.31. The highest BCUT2D eigenvalue weighted by Crippen LogP contribution is 2.29. The number of ether oxygens (including phenoxy) is 2. The second-order valence-corrected chi connectivity index (χ2v) is 5.53. The Bertz CT molecular complexity index is 787. The van der Waals surface area contributed by atoms with E-state index in [0.717, 1.165) is 0 Å². The number of aliphatic imine (C=N–C) groups is 1. The Morgan fingerprint density at radius 2 is 1.85 bits per heavy atom. The molecule has 1 heterocycles. The van der Waals surface area contributed by atoms with Crippen LogP contribution in [0.2, 0.25) is 0 Å². The average molecular weight is 475 g/mol. The first kappa shape index (κ1) is 20.4. The lowest BCUT2D eigenvalue weighted by Crippen LogP contribution is -2.36. The summed E-state index contributed by atoms with van der Waals surface area (Å²) in [5, 5.41) is 6.11. The van der Waals surface area contributed by atoms with Gasteiger partial charge in [-0.2, -0.15) is 0 Å². The molecule has 0 amide bonds. The predicted molar refractivity (Wildman–Crippen MR) is 106 cm³/mol. The third-order valence-electron chi connectivity index (χ3n) is 3.83. The largest absolute Gasteiger partial charge is 0.467 e. The summed E-state index contributed by atoms with van der Waals surface area (Å²) < 4.78 is 38.1. The van der Waals surface area contributed by atoms with Crippen molar-refractivity contribution >= 4 is 29.9 Å². The first-order valence-electron chi connectivity index (χ1n) is 7.87. The topological polar surface area (TPSA) is 54.9 Å². The number of guanidine groups is 1. The van der Waals surface area contributed by atoms with Crippen molar-refractivity contribution in [3.05, 3.63) is 64.7 Å². The fraction of sp³-hybridized carbons (Fsp3) is 0.278. The summed E-state index contributed by atoms with van der Waals surface area (Å²) in [7, 11) is 1.61. The van der Waals surface area contributed by atoms with Crippen LogP contribution in [-0.2, 0) is 24.4 Å². The van der Waals surface area contributed by atoms with Gasteiger partial charge in [0.25, 0.3) is 0 Å². The summed E-state index contributed by atoms with van der Waals surface area (Å²) in [4.78, 5) is 4.10. The van der Waals surface area contributed by atoms with Crippen molar-refractivity contribution in [2.45, 2.75) is 19.7 Å². The molecule has 0 radical (unpaired) electrons. The van der Waals surface area contributed by atoms with E-state index in [2.05, 4.69) is 15.6 Å². The van der Waals surface area contributed by atoms with Crippen LogP contribution in [0.25, 0.3) is 0 Å². The van der Waals surface area contributed by atoms with E-state index in [-0.39, 0.29) is 48.9 Å². The van der Waals surface area contributed by atoms with Crippen LogP contribution in [0.3, 0.4) is 0 Å². The molecule has 0 saturated carbocycles. The first-order chi connectivity index (χ1) is 12.2. The van der Waals surface area contributed by atoms with Crippen molar-refractivity contribution in [3.63, 3.8) is 0 Å². The maximum Gasteiger partial charge on any atom is 0.191 e. The van der Waals surface area contributed by atoms with Crippen molar-refractivity contribution in [1.82, 2.24) is 10.6 Å². The normalized spacial score (nSPS) is 13.3. The monoisotopic (exact) mass is 475 g/mol. The van der Waals surface area contributed by atoms with Crippen LogP contribution in [0.5, 0.6) is 5.75 Å². The van der Waals surface area contributed by atoms with Gasteiger partial charge in [0.1, 0.15) is 17.4 Å². The number of rotatable bonds is 4. The molecule has 0 atom stereocenters. The molecular formula is C18H20F2IN3O2. The van der Waals surface area contributed by atoms with Gasteiger partial charge >= 0.3 is 0 Å². The van der Waals surface area contributed by atoms with E-state index in [1.807, 2.05) is 0 Å². The fourth-order valence-electron chi connectivity index (χ4n) is 2.61. The molecule has 0 unspecified atom stereocenters. The molecule has 2 aromatic carbocycles. The van der Waals surface area contributed by atoms with Crippen molar-refractivity contribution in [1.29, 1.82) is 0 Å². The minimum Gasteiger partial charge on any atom is -0.467 e. The van der Waals surface area contributed by atoms with E-state index < -0.39 is 0 Å². The molecule has 3 rings (SSSR count). The molecular weight excluding hydrogens is 455 g/mol. The lowest BCUT2D eigenvalue weighted by atomic mass is 10.1. The standard InChI is InChI=1S/C18H19F2N3O2.HI/c1-21-18(22-8-12-4-2-3-5-16(12)20)23-9-13-6-15(19)7-14-10-24-11-25-17(13)14;/h2-7H,8-11H2,1H3,(H2,21,22,23);1H. The van der Waals surface area contributed by atoms with Crippen LogP contribution in [0.4, 0.5) is 8.78 Å². The zero-order chi connectivity index (χ0) is 17.6. The maximum atomic E-state index is 13.7. The highest BCUT2D eigenvalue weighted by Gasteiger charge is 2.17. The summed E-state index contributed by atoms with van der Waals surface area (Å²) in [6.07, 6.45) is 0. The van der Waals surface area contributed by atoms with Gasteiger partial charge in [0.2, 0.25) is 0 Å². The average Bonchev–Trinajstić information content (AvgIpc) is 2.62. The van der Waals surface area contributed by atoms with E-state index in [9.17, 15) is 8.78 Å². The number of nitrogens with one attached hydrogen (secondary N) is 2. The zero-order valence-electron chi connectivity index (χ0n) is 14.2. The number of hydrogen-bond donors (Lipinski definition) is 2. The number of benzene rings is 2. The van der Waals surface area contributed by atoms with Crippen LogP contribution in [-0.4, -0.2) is 19.8 Å². The highest BCUT2D eigenvalue weighted by atomic mass is 127. The van der Waals surface area contributed by atoms with Gasteiger partial charge in [-0.15, -0.1) is 24.0 Å². The van der Waals surface area contributed by atoms with Crippen LogP contribution in [0, 0.1) is 11.6 Å². The van der Waals surface area contributed by atoms with Gasteiger partial charge in [-0.05, 0) is 18.2 Å². The van der Waals surface area contributed by atoms with Crippen LogP contribution >= 0.6 is 24.0 Å². The van der Waals surface area contributed by atoms with Gasteiger partial charge in [-0.25, -0.2) is 8.78 Å². The van der Waals surface area contributed by atoms with E-state index in [1.54, 1.807) is 25.2 Å². The maximum absolute atomic E-state index is 13.7. The Morgan fingerprint density at radius 1 is 1.12 bits per heavy atom. The Labute approximate surface area is 167 Å². The van der Waals surface area contributed by atoms with E-state index in [1.165, 1.54) is 18.2 Å². The SMILES string of the molecule is CN=C(NCc1ccccc1F)NCc1cc(F)cc2c1OCOC2.I. The quantitative estimate of drug-likeness (QED) is 0.405. The van der Waals surface area contributed by atoms with Gasteiger partial charge in [0.05, 0.1) is 6.61 Å². The summed E-state index contributed by atoms with van der Waals surface area (Å²) >= 11 is 0. The molecule has 26 heavy (non-hydrogen) atoms. The highest BCUT2D eigenvalue weighted by molar-refractivity contribution is 14.0. The second-order valence-electron chi connectivity index (χ2n) is 5.53. The fourth-order valence-corrected chi connectivity index (χ4v) is 2.61. The summed E-state index contributed by atoms with van der Waals surface area (Å²) in [5.41, 5.74) is 1.89. The molecule has 5 nitrogen and oxygen atoms in total. The van der Waals surface area contributed by atoms with Gasteiger partial charge in [0, 0.05) is 36.8 Å². The number of fused-ring (bicyclic) bond motifs is 1. The van der Waals surface area contributed by atoms with Crippen molar-refractivity contribution in [3.8, 4) is 5.75 Å². The lowest BCUT2D eigenvalue weighted by Gasteiger charge is -2.21. The van der Waals surface area contributed by atoms with Crippen LogP contribution in [0.1, 0.15) is 16.7 Å². The van der Waals surface area contributed by atoms with Crippen LogP contribution in [0.15, 0.2) is 41.4 Å². The Morgan fingerprint density at radius 3 is 2.58 bits per heavy atom. The minimum atomic E-state index is -0.348. The summed E-state index contributed by atoms with van der Waals surface area (Å²) in [6, 6.07) is 9.35. The minimum absolute atomic E-state index is 0. The molecule has 0 aromatic heterocycles. The van der Waals surface area contributed by atoms with Gasteiger partial charge in [-0.3, -0.25) is 4.99 Å². The van der Waals surface area contributed by atoms with E-state index >= 15 is 0 Å². The van der Waals surface area contributed by atoms with Crippen molar-refractivity contribution < 1.29 is 18.3 Å². The number of nitrogens with zero attached hydrogens (tertiary/aromatic N) is 1. The van der Waals surface area contributed by atoms with Gasteiger partial charge < -0.3 is 20.1 Å². The molecule has 0 fully saturated rings. The molecule has 2 N–H and O–H groups in total. The molecule has 2 aromatic rings. The molecule has 140 valence electrons. The van der Waals surface area contributed by atoms with Gasteiger partial charge in [0.15, 0.2) is 12.8 Å². The van der Waals surface area contributed by atoms with Crippen molar-refractivity contribution in [2.24, 2.45) is 4.99 Å². The molecule has 0 aliphatic carbocycles. The number of hydrogen-bond acceptors (Lipinski definition) is 3. The first-order valence-corrected chi connectivity index (χ1v) is 7.87. The zero-order valence-corrected chi connectivity index (χ0v) is 16.6. The third-order valence-corrected chi connectivity index (χ3v) is 3.83. The number of halogens is 3. The molecule has 0 saturated heterocycles. The molecule has 1 aliphatic heterocycles. The van der Waals surface area contributed by atoms with E-state index in [0.29, 0.717) is 41.6 Å². The molecule has 8 heteroatoms. The Kier molecular flexibility index (Phi) is 7.58. The Balaban J connectivity index is 0.00000243. The summed E-state index contributed by atoms with van der Waals surface area (Å²) in [5.74, 6) is 0.482. The second kappa shape index (κ2) is 9.67. The van der Waals surface area contributed by atoms with Gasteiger partial charge in [-0.1, -0.05) is 18.2 Å². The molecule has 0 spiro atoms. The van der Waals surface area contributed by atoms with Crippen molar-refractivity contribution in [2.75, 3.05) is 13.8 Å². The lowest BCUT2D eigenvalue weighted by molar-refractivity contribution is -0.0172. The third kappa shape index (κ3) is 5.04. The Hall–Kier alpha value is -1.94. The van der Waals surface area contributed by atoms with E-state index in [4.69, 9.17) is 9.47 Å². The molecule has 0 bridgehead atoms. The summed E-state index contributed by atoms with van der Waals surface area (Å²) in [6.45, 7) is 1.07. The van der Waals surface area contributed by atoms with Crippen LogP contribution < -0.4 is 15.4 Å². The smallest absolute Gasteiger partial charge is 0.191 e.